The Morgan fingerprint density at radius 3 is 3.00 bits per heavy atom. The van der Waals surface area contributed by atoms with Gasteiger partial charge in [0.1, 0.15) is 0 Å². The second-order valence-electron chi connectivity index (χ2n) is 4.45. The molecule has 16 heavy (non-hydrogen) atoms. The van der Waals surface area contributed by atoms with Crippen molar-refractivity contribution in [2.24, 2.45) is 5.92 Å². The van der Waals surface area contributed by atoms with Gasteiger partial charge in [-0.05, 0) is 31.4 Å². The molecule has 1 aliphatic rings. The van der Waals surface area contributed by atoms with E-state index in [1.807, 2.05) is 19.1 Å². The van der Waals surface area contributed by atoms with E-state index < -0.39 is 6.10 Å². The van der Waals surface area contributed by atoms with Gasteiger partial charge in [0.05, 0.1) is 12.2 Å². The number of ether oxygens (including phenoxy) is 1. The second-order valence-corrected chi connectivity index (χ2v) is 4.45. The summed E-state index contributed by atoms with van der Waals surface area (Å²) >= 11 is 0. The quantitative estimate of drug-likeness (QED) is 0.851. The van der Waals surface area contributed by atoms with Crippen LogP contribution >= 0.6 is 0 Å². The van der Waals surface area contributed by atoms with Crippen LogP contribution in [0.3, 0.4) is 0 Å². The summed E-state index contributed by atoms with van der Waals surface area (Å²) in [5.74, 6) is 0.217. The van der Waals surface area contributed by atoms with Gasteiger partial charge in [-0.1, -0.05) is 13.0 Å². The number of pyridine rings is 1. The van der Waals surface area contributed by atoms with E-state index >= 15 is 0 Å². The molecule has 0 aromatic carbocycles. The van der Waals surface area contributed by atoms with E-state index in [2.05, 4.69) is 11.9 Å². The first-order valence-corrected chi connectivity index (χ1v) is 5.94. The predicted octanol–water partition coefficient (Wildman–Crippen LogP) is 2.24. The Bertz CT molecular complexity index is 336. The van der Waals surface area contributed by atoms with Gasteiger partial charge in [-0.2, -0.15) is 0 Å². The molecule has 1 aromatic heterocycles. The maximum atomic E-state index is 10.3. The minimum absolute atomic E-state index is 0.191. The van der Waals surface area contributed by atoms with Crippen molar-refractivity contribution in [3.8, 4) is 0 Å². The van der Waals surface area contributed by atoms with E-state index in [4.69, 9.17) is 4.74 Å². The topological polar surface area (TPSA) is 42.4 Å². The Balaban J connectivity index is 2.12. The van der Waals surface area contributed by atoms with E-state index in [0.717, 1.165) is 30.7 Å². The van der Waals surface area contributed by atoms with Gasteiger partial charge in [0.2, 0.25) is 0 Å². The van der Waals surface area contributed by atoms with Crippen LogP contribution in [-0.4, -0.2) is 22.8 Å². The van der Waals surface area contributed by atoms with Crippen molar-refractivity contribution in [1.82, 2.24) is 4.98 Å². The average Bonchev–Trinajstić information content (AvgIpc) is 2.77. The molecular weight excluding hydrogens is 202 g/mol. The molecule has 0 saturated carbocycles. The highest BCUT2D eigenvalue weighted by atomic mass is 16.5. The first-order valence-electron chi connectivity index (χ1n) is 5.94. The summed E-state index contributed by atoms with van der Waals surface area (Å²) in [6.07, 6.45) is 3.41. The van der Waals surface area contributed by atoms with E-state index in [1.54, 1.807) is 6.20 Å². The first kappa shape index (κ1) is 11.6. The third-order valence-corrected chi connectivity index (χ3v) is 3.34. The minimum atomic E-state index is -0.444. The molecule has 0 spiro atoms. The normalized spacial score (nSPS) is 26.9. The van der Waals surface area contributed by atoms with Crippen molar-refractivity contribution >= 4 is 0 Å². The monoisotopic (exact) mass is 221 g/mol. The molecule has 3 heteroatoms. The molecule has 1 aliphatic heterocycles. The van der Waals surface area contributed by atoms with Gasteiger partial charge in [-0.3, -0.25) is 4.98 Å². The van der Waals surface area contributed by atoms with Crippen molar-refractivity contribution in [3.63, 3.8) is 0 Å². The van der Waals surface area contributed by atoms with E-state index in [0.29, 0.717) is 0 Å². The lowest BCUT2D eigenvalue weighted by Crippen LogP contribution is -2.22. The van der Waals surface area contributed by atoms with Crippen LogP contribution < -0.4 is 0 Å². The Kier molecular flexibility index (Phi) is 3.56. The van der Waals surface area contributed by atoms with Crippen molar-refractivity contribution in [2.75, 3.05) is 6.61 Å². The summed E-state index contributed by atoms with van der Waals surface area (Å²) in [6, 6.07) is 3.90. The van der Waals surface area contributed by atoms with E-state index in [9.17, 15) is 5.11 Å². The number of aliphatic hydroxyl groups is 1. The highest BCUT2D eigenvalue weighted by Gasteiger charge is 2.33. The SMILES string of the molecule is CCC1OCCC1C(O)c1ccc(C)nc1. The molecule has 0 bridgehead atoms. The van der Waals surface area contributed by atoms with Gasteiger partial charge in [0.15, 0.2) is 0 Å². The predicted molar refractivity (Wildman–Crippen MR) is 62.1 cm³/mol. The van der Waals surface area contributed by atoms with Crippen LogP contribution in [0, 0.1) is 12.8 Å². The van der Waals surface area contributed by atoms with Crippen LogP contribution in [0.4, 0.5) is 0 Å². The Hall–Kier alpha value is -0.930. The van der Waals surface area contributed by atoms with Gasteiger partial charge in [0.25, 0.3) is 0 Å². The van der Waals surface area contributed by atoms with Gasteiger partial charge < -0.3 is 9.84 Å². The number of aromatic nitrogens is 1. The molecule has 3 nitrogen and oxygen atoms in total. The average molecular weight is 221 g/mol. The van der Waals surface area contributed by atoms with Crippen molar-refractivity contribution in [2.45, 2.75) is 38.9 Å². The van der Waals surface area contributed by atoms with Gasteiger partial charge in [-0.15, -0.1) is 0 Å². The molecule has 1 aromatic rings. The lowest BCUT2D eigenvalue weighted by molar-refractivity contribution is 0.0306. The Labute approximate surface area is 96.5 Å². The van der Waals surface area contributed by atoms with E-state index in [1.165, 1.54) is 0 Å². The number of aryl methyl sites for hydroxylation is 1. The molecule has 3 unspecified atom stereocenters. The maximum absolute atomic E-state index is 10.3. The van der Waals surface area contributed by atoms with Crippen LogP contribution in [0.5, 0.6) is 0 Å². The lowest BCUT2D eigenvalue weighted by Gasteiger charge is -2.22. The largest absolute Gasteiger partial charge is 0.388 e. The summed E-state index contributed by atoms with van der Waals surface area (Å²) < 4.78 is 5.60. The molecule has 0 aliphatic carbocycles. The molecule has 0 radical (unpaired) electrons. The fraction of sp³-hybridized carbons (Fsp3) is 0.615. The van der Waals surface area contributed by atoms with Crippen LogP contribution in [0.25, 0.3) is 0 Å². The van der Waals surface area contributed by atoms with Gasteiger partial charge in [0, 0.05) is 24.4 Å². The maximum Gasteiger partial charge on any atom is 0.0858 e. The van der Waals surface area contributed by atoms with Gasteiger partial charge >= 0.3 is 0 Å². The Morgan fingerprint density at radius 2 is 2.38 bits per heavy atom. The molecule has 88 valence electrons. The molecule has 2 heterocycles. The van der Waals surface area contributed by atoms with Crippen LogP contribution in [0.1, 0.15) is 37.1 Å². The Morgan fingerprint density at radius 1 is 1.56 bits per heavy atom. The number of nitrogens with zero attached hydrogens (tertiary/aromatic N) is 1. The molecule has 0 amide bonds. The third kappa shape index (κ3) is 2.25. The minimum Gasteiger partial charge on any atom is -0.388 e. The number of rotatable bonds is 3. The third-order valence-electron chi connectivity index (χ3n) is 3.34. The number of hydrogen-bond acceptors (Lipinski definition) is 3. The molecule has 1 fully saturated rings. The van der Waals surface area contributed by atoms with Crippen molar-refractivity contribution in [3.05, 3.63) is 29.6 Å². The molecule has 1 N–H and O–H groups in total. The number of hydrogen-bond donors (Lipinski definition) is 1. The van der Waals surface area contributed by atoms with Crippen LogP contribution in [0.2, 0.25) is 0 Å². The first-order chi connectivity index (χ1) is 7.72. The second kappa shape index (κ2) is 4.93. The zero-order valence-electron chi connectivity index (χ0n) is 9.89. The molecule has 1 saturated heterocycles. The van der Waals surface area contributed by atoms with Crippen LogP contribution in [-0.2, 0) is 4.74 Å². The summed E-state index contributed by atoms with van der Waals surface area (Å²) in [6.45, 7) is 4.81. The van der Waals surface area contributed by atoms with E-state index in [-0.39, 0.29) is 12.0 Å². The van der Waals surface area contributed by atoms with Crippen molar-refractivity contribution < 1.29 is 9.84 Å². The lowest BCUT2D eigenvalue weighted by atomic mass is 9.89. The van der Waals surface area contributed by atoms with Crippen LogP contribution in [0.15, 0.2) is 18.3 Å². The zero-order chi connectivity index (χ0) is 11.5. The fourth-order valence-corrected chi connectivity index (χ4v) is 2.35. The summed E-state index contributed by atoms with van der Waals surface area (Å²) in [5.41, 5.74) is 1.88. The smallest absolute Gasteiger partial charge is 0.0858 e. The highest BCUT2D eigenvalue weighted by Crippen LogP contribution is 2.34. The molecule has 3 atom stereocenters. The highest BCUT2D eigenvalue weighted by molar-refractivity contribution is 5.17. The van der Waals surface area contributed by atoms with Crippen molar-refractivity contribution in [1.29, 1.82) is 0 Å². The standard InChI is InChI=1S/C13H19NO2/c1-3-12-11(6-7-16-12)13(15)10-5-4-9(2)14-8-10/h4-5,8,11-13,15H,3,6-7H2,1-2H3. The fourth-order valence-electron chi connectivity index (χ4n) is 2.35. The molecule has 2 rings (SSSR count). The summed E-state index contributed by atoms with van der Waals surface area (Å²) in [7, 11) is 0. The van der Waals surface area contributed by atoms with Gasteiger partial charge in [-0.25, -0.2) is 0 Å². The summed E-state index contributed by atoms with van der Waals surface area (Å²) in [5, 5.41) is 10.3. The summed E-state index contributed by atoms with van der Waals surface area (Å²) in [4.78, 5) is 4.22. The number of aliphatic hydroxyl groups excluding tert-OH is 1. The molecular formula is C13H19NO2. The zero-order valence-corrected chi connectivity index (χ0v) is 9.89.